The van der Waals surface area contributed by atoms with Crippen LogP contribution in [0, 0.1) is 5.92 Å². The van der Waals surface area contributed by atoms with Gasteiger partial charge in [-0.05, 0) is 35.1 Å². The van der Waals surface area contributed by atoms with Crippen molar-refractivity contribution in [3.8, 4) is 11.1 Å². The van der Waals surface area contributed by atoms with E-state index in [1.54, 1.807) is 0 Å². The molecule has 2 aromatic carbocycles. The SMILES string of the molecule is O=C(N[C@@H]1C[C@H](C(=O)O)C[C@H]1O)OCC1c2ccccc2-c2ccccc21. The first-order valence-corrected chi connectivity index (χ1v) is 9.07. The molecule has 2 aliphatic carbocycles. The normalized spacial score (nSPS) is 23.5. The first-order chi connectivity index (χ1) is 13.0. The molecule has 0 heterocycles. The van der Waals surface area contributed by atoms with Crippen LogP contribution in [0.15, 0.2) is 48.5 Å². The number of ether oxygens (including phenoxy) is 1. The molecule has 2 aromatic rings. The van der Waals surface area contributed by atoms with Gasteiger partial charge in [0.2, 0.25) is 0 Å². The highest BCUT2D eigenvalue weighted by Gasteiger charge is 2.38. The molecule has 0 bridgehead atoms. The number of carboxylic acids is 1. The number of hydrogen-bond acceptors (Lipinski definition) is 4. The number of carbonyl (C=O) groups is 2. The molecule has 3 N–H and O–H groups in total. The Bertz CT molecular complexity index is 835. The quantitative estimate of drug-likeness (QED) is 0.772. The molecule has 1 amide bonds. The van der Waals surface area contributed by atoms with Crippen LogP contribution in [0.5, 0.6) is 0 Å². The van der Waals surface area contributed by atoms with Crippen molar-refractivity contribution >= 4 is 12.1 Å². The fourth-order valence-corrected chi connectivity index (χ4v) is 4.16. The maximum Gasteiger partial charge on any atom is 0.407 e. The van der Waals surface area contributed by atoms with Gasteiger partial charge in [0.1, 0.15) is 6.61 Å². The van der Waals surface area contributed by atoms with Crippen molar-refractivity contribution in [1.29, 1.82) is 0 Å². The molecule has 1 fully saturated rings. The van der Waals surface area contributed by atoms with E-state index in [4.69, 9.17) is 9.84 Å². The molecule has 1 saturated carbocycles. The Hall–Kier alpha value is -2.86. The number of aliphatic hydroxyl groups is 1. The standard InChI is InChI=1S/C21H21NO5/c23-19-10-12(20(24)25)9-18(19)22-21(26)27-11-17-15-7-3-1-5-13(15)14-6-2-4-8-16(14)17/h1-8,12,17-19,23H,9-11H2,(H,22,26)(H,24,25)/t12-,18+,19+/m0/s1. The number of carboxylic acid groups (broad SMARTS) is 1. The highest BCUT2D eigenvalue weighted by Crippen LogP contribution is 2.44. The van der Waals surface area contributed by atoms with E-state index in [0.29, 0.717) is 0 Å². The van der Waals surface area contributed by atoms with Gasteiger partial charge in [0.05, 0.1) is 18.1 Å². The van der Waals surface area contributed by atoms with Crippen LogP contribution in [-0.2, 0) is 9.53 Å². The summed E-state index contributed by atoms with van der Waals surface area (Å²) in [7, 11) is 0. The van der Waals surface area contributed by atoms with Crippen LogP contribution in [0.4, 0.5) is 4.79 Å². The Labute approximate surface area is 156 Å². The van der Waals surface area contributed by atoms with Crippen LogP contribution in [0.1, 0.15) is 29.9 Å². The second-order valence-electron chi connectivity index (χ2n) is 7.15. The number of hydrogen-bond donors (Lipinski definition) is 3. The lowest BCUT2D eigenvalue weighted by molar-refractivity contribution is -0.141. The monoisotopic (exact) mass is 367 g/mol. The van der Waals surface area contributed by atoms with Gasteiger partial charge in [-0.1, -0.05) is 48.5 Å². The molecule has 0 unspecified atom stereocenters. The van der Waals surface area contributed by atoms with E-state index < -0.39 is 30.1 Å². The summed E-state index contributed by atoms with van der Waals surface area (Å²) < 4.78 is 5.44. The molecule has 0 saturated heterocycles. The van der Waals surface area contributed by atoms with E-state index in [-0.39, 0.29) is 25.4 Å². The number of carbonyl (C=O) groups excluding carboxylic acids is 1. The van der Waals surface area contributed by atoms with Crippen LogP contribution in [0.3, 0.4) is 0 Å². The highest BCUT2D eigenvalue weighted by atomic mass is 16.5. The summed E-state index contributed by atoms with van der Waals surface area (Å²) in [6, 6.07) is 15.5. The van der Waals surface area contributed by atoms with Crippen molar-refractivity contribution < 1.29 is 24.5 Å². The fraction of sp³-hybridized carbons (Fsp3) is 0.333. The molecular weight excluding hydrogens is 346 g/mol. The second kappa shape index (κ2) is 7.04. The van der Waals surface area contributed by atoms with Gasteiger partial charge in [-0.25, -0.2) is 4.79 Å². The Morgan fingerprint density at radius 3 is 2.15 bits per heavy atom. The molecule has 140 valence electrons. The number of nitrogens with one attached hydrogen (secondary N) is 1. The fourth-order valence-electron chi connectivity index (χ4n) is 4.16. The summed E-state index contributed by atoms with van der Waals surface area (Å²) in [6.45, 7) is 0.186. The van der Waals surface area contributed by atoms with E-state index in [0.717, 1.165) is 22.3 Å². The van der Waals surface area contributed by atoms with Crippen molar-refractivity contribution in [2.75, 3.05) is 6.61 Å². The zero-order chi connectivity index (χ0) is 19.0. The van der Waals surface area contributed by atoms with E-state index in [1.807, 2.05) is 36.4 Å². The molecule has 2 aliphatic rings. The summed E-state index contributed by atoms with van der Waals surface area (Å²) in [5.41, 5.74) is 4.55. The average molecular weight is 367 g/mol. The van der Waals surface area contributed by atoms with E-state index in [2.05, 4.69) is 17.4 Å². The van der Waals surface area contributed by atoms with Crippen molar-refractivity contribution in [2.24, 2.45) is 5.92 Å². The van der Waals surface area contributed by atoms with Crippen LogP contribution >= 0.6 is 0 Å². The number of benzene rings is 2. The zero-order valence-corrected chi connectivity index (χ0v) is 14.7. The Kier molecular flexibility index (Phi) is 4.58. The third-order valence-corrected chi connectivity index (χ3v) is 5.53. The third kappa shape index (κ3) is 3.28. The Balaban J connectivity index is 1.42. The second-order valence-corrected chi connectivity index (χ2v) is 7.15. The maximum atomic E-state index is 12.2. The molecule has 3 atom stereocenters. The topological polar surface area (TPSA) is 95.9 Å². The molecule has 0 aliphatic heterocycles. The van der Waals surface area contributed by atoms with Crippen molar-refractivity contribution in [3.05, 3.63) is 59.7 Å². The smallest absolute Gasteiger partial charge is 0.407 e. The van der Waals surface area contributed by atoms with E-state index in [1.165, 1.54) is 0 Å². The Morgan fingerprint density at radius 2 is 1.59 bits per heavy atom. The minimum absolute atomic E-state index is 0.0385. The predicted octanol–water partition coefficient (Wildman–Crippen LogP) is 2.75. The van der Waals surface area contributed by atoms with Crippen molar-refractivity contribution in [2.45, 2.75) is 30.9 Å². The van der Waals surface area contributed by atoms with Gasteiger partial charge >= 0.3 is 12.1 Å². The number of rotatable bonds is 4. The predicted molar refractivity (Wildman–Crippen MR) is 98.4 cm³/mol. The summed E-state index contributed by atoms with van der Waals surface area (Å²) in [6.07, 6.45) is -1.15. The first kappa shape index (κ1) is 17.5. The summed E-state index contributed by atoms with van der Waals surface area (Å²) in [4.78, 5) is 23.3. The van der Waals surface area contributed by atoms with Gasteiger partial charge < -0.3 is 20.3 Å². The number of amides is 1. The number of alkyl carbamates (subject to hydrolysis) is 1. The lowest BCUT2D eigenvalue weighted by Gasteiger charge is -2.18. The van der Waals surface area contributed by atoms with Gasteiger partial charge in [0, 0.05) is 5.92 Å². The van der Waals surface area contributed by atoms with Crippen LogP contribution < -0.4 is 5.32 Å². The lowest BCUT2D eigenvalue weighted by Crippen LogP contribution is -2.40. The van der Waals surface area contributed by atoms with E-state index >= 15 is 0 Å². The number of aliphatic hydroxyl groups excluding tert-OH is 1. The molecule has 0 radical (unpaired) electrons. The number of fused-ring (bicyclic) bond motifs is 3. The Morgan fingerprint density at radius 1 is 1.00 bits per heavy atom. The molecule has 27 heavy (non-hydrogen) atoms. The number of aliphatic carboxylic acids is 1. The van der Waals surface area contributed by atoms with Crippen LogP contribution in [-0.4, -0.2) is 41.0 Å². The summed E-state index contributed by atoms with van der Waals surface area (Å²) >= 11 is 0. The van der Waals surface area contributed by atoms with Gasteiger partial charge in [-0.2, -0.15) is 0 Å². The molecule has 0 aromatic heterocycles. The van der Waals surface area contributed by atoms with Crippen molar-refractivity contribution in [1.82, 2.24) is 5.32 Å². The highest BCUT2D eigenvalue weighted by molar-refractivity contribution is 5.79. The largest absolute Gasteiger partial charge is 0.481 e. The minimum atomic E-state index is -0.953. The molecular formula is C21H21NO5. The van der Waals surface area contributed by atoms with Gasteiger partial charge in [0.25, 0.3) is 0 Å². The molecule has 4 rings (SSSR count). The van der Waals surface area contributed by atoms with Gasteiger partial charge in [0.15, 0.2) is 0 Å². The molecule has 6 heteroatoms. The van der Waals surface area contributed by atoms with Crippen LogP contribution in [0.25, 0.3) is 11.1 Å². The van der Waals surface area contributed by atoms with Gasteiger partial charge in [-0.3, -0.25) is 4.79 Å². The average Bonchev–Trinajstić information content (AvgIpc) is 3.19. The molecule has 0 spiro atoms. The molecule has 6 nitrogen and oxygen atoms in total. The minimum Gasteiger partial charge on any atom is -0.481 e. The van der Waals surface area contributed by atoms with Crippen LogP contribution in [0.2, 0.25) is 0 Å². The van der Waals surface area contributed by atoms with Crippen molar-refractivity contribution in [3.63, 3.8) is 0 Å². The first-order valence-electron chi connectivity index (χ1n) is 9.07. The third-order valence-electron chi connectivity index (χ3n) is 5.53. The van der Waals surface area contributed by atoms with Gasteiger partial charge in [-0.15, -0.1) is 0 Å². The summed E-state index contributed by atoms with van der Waals surface area (Å²) in [5.74, 6) is -1.63. The zero-order valence-electron chi connectivity index (χ0n) is 14.7. The summed E-state index contributed by atoms with van der Waals surface area (Å²) in [5, 5.41) is 21.6. The lowest BCUT2D eigenvalue weighted by atomic mass is 9.98. The van der Waals surface area contributed by atoms with E-state index in [9.17, 15) is 14.7 Å². The maximum absolute atomic E-state index is 12.2.